The summed E-state index contributed by atoms with van der Waals surface area (Å²) in [7, 11) is 0. The van der Waals surface area contributed by atoms with Crippen LogP contribution in [0.5, 0.6) is 0 Å². The molecule has 0 unspecified atom stereocenters. The minimum absolute atomic E-state index is 0.161. The molecule has 3 heterocycles. The average Bonchev–Trinajstić information content (AvgIpc) is 2.74. The van der Waals surface area contributed by atoms with Crippen LogP contribution in [0.15, 0.2) is 66.1 Å². The number of nitrogens with zero attached hydrogens (tertiary/aromatic N) is 5. The zero-order chi connectivity index (χ0) is 19.5. The van der Waals surface area contributed by atoms with Crippen molar-refractivity contribution in [2.24, 2.45) is 0 Å². The maximum absolute atomic E-state index is 13.6. The number of hydrogen-bond acceptors (Lipinski definition) is 7. The zero-order valence-electron chi connectivity index (χ0n) is 14.9. The standard InChI is InChI=1S/C20H15FN6S/c1-28-19-14(6-3-8-24-19)17-15(11-25-20(22)27-17)16-7-9-23-18(26-16)12-4-2-5-13(21)10-12/h2-11H,1H3,(H2,22,25,27). The van der Waals surface area contributed by atoms with E-state index in [1.165, 1.54) is 23.9 Å². The Kier molecular flexibility index (Phi) is 4.94. The lowest BCUT2D eigenvalue weighted by Crippen LogP contribution is -2.01. The van der Waals surface area contributed by atoms with Crippen LogP contribution in [0.2, 0.25) is 0 Å². The number of nitrogens with two attached hydrogens (primary N) is 1. The van der Waals surface area contributed by atoms with Crippen molar-refractivity contribution < 1.29 is 4.39 Å². The molecule has 138 valence electrons. The van der Waals surface area contributed by atoms with Crippen molar-refractivity contribution in [1.29, 1.82) is 0 Å². The van der Waals surface area contributed by atoms with Gasteiger partial charge in [0, 0.05) is 35.3 Å². The number of aromatic nitrogens is 5. The molecule has 6 nitrogen and oxygen atoms in total. The summed E-state index contributed by atoms with van der Waals surface area (Å²) in [5.41, 5.74) is 9.21. The SMILES string of the molecule is CSc1ncccc1-c1nc(N)ncc1-c1ccnc(-c2cccc(F)c2)n1. The molecule has 0 aliphatic heterocycles. The molecule has 4 rings (SSSR count). The van der Waals surface area contributed by atoms with E-state index in [2.05, 4.69) is 24.9 Å². The van der Waals surface area contributed by atoms with E-state index in [1.54, 1.807) is 36.8 Å². The quantitative estimate of drug-likeness (QED) is 0.525. The smallest absolute Gasteiger partial charge is 0.220 e. The first kappa shape index (κ1) is 18.0. The Balaban J connectivity index is 1.88. The fourth-order valence-electron chi connectivity index (χ4n) is 2.80. The van der Waals surface area contributed by atoms with Crippen molar-refractivity contribution in [1.82, 2.24) is 24.9 Å². The lowest BCUT2D eigenvalue weighted by atomic mass is 10.1. The van der Waals surface area contributed by atoms with Crippen molar-refractivity contribution in [2.75, 3.05) is 12.0 Å². The molecule has 2 N–H and O–H groups in total. The molecule has 8 heteroatoms. The van der Waals surface area contributed by atoms with Crippen molar-refractivity contribution >= 4 is 17.7 Å². The number of pyridine rings is 1. The second kappa shape index (κ2) is 7.69. The maximum Gasteiger partial charge on any atom is 0.220 e. The van der Waals surface area contributed by atoms with E-state index in [1.807, 2.05) is 18.4 Å². The number of anilines is 1. The summed E-state index contributed by atoms with van der Waals surface area (Å²) in [6.07, 6.45) is 6.93. The topological polar surface area (TPSA) is 90.5 Å². The summed E-state index contributed by atoms with van der Waals surface area (Å²) in [4.78, 5) is 21.8. The Morgan fingerprint density at radius 3 is 2.64 bits per heavy atom. The molecule has 3 aromatic heterocycles. The van der Waals surface area contributed by atoms with Crippen molar-refractivity contribution in [3.8, 4) is 33.9 Å². The summed E-state index contributed by atoms with van der Waals surface area (Å²) in [5.74, 6) is 0.230. The van der Waals surface area contributed by atoms with Crippen molar-refractivity contribution in [3.05, 3.63) is 66.9 Å². The Morgan fingerprint density at radius 2 is 1.82 bits per heavy atom. The van der Waals surface area contributed by atoms with Gasteiger partial charge >= 0.3 is 0 Å². The number of halogens is 1. The van der Waals surface area contributed by atoms with E-state index in [0.29, 0.717) is 28.3 Å². The fraction of sp³-hybridized carbons (Fsp3) is 0.0500. The highest BCUT2D eigenvalue weighted by Crippen LogP contribution is 2.34. The van der Waals surface area contributed by atoms with E-state index < -0.39 is 0 Å². The summed E-state index contributed by atoms with van der Waals surface area (Å²) >= 11 is 1.51. The molecule has 0 spiro atoms. The van der Waals surface area contributed by atoms with Crippen LogP contribution in [0.3, 0.4) is 0 Å². The van der Waals surface area contributed by atoms with Gasteiger partial charge in [-0.25, -0.2) is 29.3 Å². The molecule has 0 fully saturated rings. The van der Waals surface area contributed by atoms with E-state index >= 15 is 0 Å². The first-order valence-corrected chi connectivity index (χ1v) is 9.59. The first-order valence-electron chi connectivity index (χ1n) is 8.37. The van der Waals surface area contributed by atoms with Crippen LogP contribution in [-0.4, -0.2) is 31.2 Å². The number of nitrogen functional groups attached to an aromatic ring is 1. The minimum atomic E-state index is -0.344. The Hall–Kier alpha value is -3.39. The van der Waals surface area contributed by atoms with Crippen LogP contribution < -0.4 is 5.73 Å². The number of rotatable bonds is 4. The third kappa shape index (κ3) is 3.54. The largest absolute Gasteiger partial charge is 0.368 e. The van der Waals surface area contributed by atoms with Gasteiger partial charge in [-0.1, -0.05) is 12.1 Å². The van der Waals surface area contributed by atoms with Crippen LogP contribution in [0.25, 0.3) is 33.9 Å². The van der Waals surface area contributed by atoms with Crippen molar-refractivity contribution in [3.63, 3.8) is 0 Å². The third-order valence-corrected chi connectivity index (χ3v) is 4.75. The molecule has 0 aliphatic rings. The molecular formula is C20H15FN6S. The molecule has 4 aromatic rings. The zero-order valence-corrected chi connectivity index (χ0v) is 15.7. The van der Waals surface area contributed by atoms with Gasteiger partial charge in [0.1, 0.15) is 10.8 Å². The molecule has 0 amide bonds. The maximum atomic E-state index is 13.6. The van der Waals surface area contributed by atoms with E-state index in [-0.39, 0.29) is 11.8 Å². The lowest BCUT2D eigenvalue weighted by Gasteiger charge is -2.11. The van der Waals surface area contributed by atoms with Gasteiger partial charge in [0.15, 0.2) is 5.82 Å². The Bertz CT molecular complexity index is 1150. The van der Waals surface area contributed by atoms with Crippen LogP contribution in [0.4, 0.5) is 10.3 Å². The second-order valence-electron chi connectivity index (χ2n) is 5.83. The minimum Gasteiger partial charge on any atom is -0.368 e. The molecule has 0 saturated carbocycles. The second-order valence-corrected chi connectivity index (χ2v) is 6.62. The van der Waals surface area contributed by atoms with Gasteiger partial charge in [0.05, 0.1) is 11.4 Å². The number of hydrogen-bond donors (Lipinski definition) is 1. The van der Waals surface area contributed by atoms with Crippen LogP contribution in [0, 0.1) is 5.82 Å². The molecule has 1 aromatic carbocycles. The molecule has 0 radical (unpaired) electrons. The number of benzene rings is 1. The average molecular weight is 390 g/mol. The number of thioether (sulfide) groups is 1. The van der Waals surface area contributed by atoms with Crippen LogP contribution in [0.1, 0.15) is 0 Å². The predicted octanol–water partition coefficient (Wildman–Crippen LogP) is 4.11. The normalized spacial score (nSPS) is 10.8. The van der Waals surface area contributed by atoms with E-state index in [9.17, 15) is 4.39 Å². The third-order valence-electron chi connectivity index (χ3n) is 4.04. The monoisotopic (exact) mass is 390 g/mol. The molecule has 0 saturated heterocycles. The molecule has 28 heavy (non-hydrogen) atoms. The van der Waals surface area contributed by atoms with Gasteiger partial charge < -0.3 is 5.73 Å². The van der Waals surface area contributed by atoms with E-state index in [0.717, 1.165) is 10.6 Å². The molecule has 0 atom stereocenters. The van der Waals surface area contributed by atoms with Crippen LogP contribution in [-0.2, 0) is 0 Å². The highest BCUT2D eigenvalue weighted by molar-refractivity contribution is 7.98. The highest BCUT2D eigenvalue weighted by Gasteiger charge is 2.16. The van der Waals surface area contributed by atoms with Gasteiger partial charge in [-0.05, 0) is 36.6 Å². The first-order chi connectivity index (χ1) is 13.7. The summed E-state index contributed by atoms with van der Waals surface area (Å²) in [6, 6.07) is 11.7. The predicted molar refractivity (Wildman–Crippen MR) is 108 cm³/mol. The fourth-order valence-corrected chi connectivity index (χ4v) is 3.35. The Labute approximate surface area is 165 Å². The van der Waals surface area contributed by atoms with Gasteiger partial charge in [-0.2, -0.15) is 0 Å². The molecule has 0 bridgehead atoms. The van der Waals surface area contributed by atoms with E-state index in [4.69, 9.17) is 5.73 Å². The molecular weight excluding hydrogens is 375 g/mol. The summed E-state index contributed by atoms with van der Waals surface area (Å²) in [5, 5.41) is 0.821. The van der Waals surface area contributed by atoms with Crippen LogP contribution >= 0.6 is 11.8 Å². The Morgan fingerprint density at radius 1 is 0.929 bits per heavy atom. The summed E-state index contributed by atoms with van der Waals surface area (Å²) in [6.45, 7) is 0. The summed E-state index contributed by atoms with van der Waals surface area (Å²) < 4.78 is 13.6. The lowest BCUT2D eigenvalue weighted by molar-refractivity contribution is 0.628. The van der Waals surface area contributed by atoms with Gasteiger partial charge in [0.2, 0.25) is 5.95 Å². The van der Waals surface area contributed by atoms with Gasteiger partial charge in [-0.3, -0.25) is 0 Å². The van der Waals surface area contributed by atoms with Gasteiger partial charge in [-0.15, -0.1) is 11.8 Å². The van der Waals surface area contributed by atoms with Gasteiger partial charge in [0.25, 0.3) is 0 Å². The highest BCUT2D eigenvalue weighted by atomic mass is 32.2. The van der Waals surface area contributed by atoms with Crippen molar-refractivity contribution in [2.45, 2.75) is 5.03 Å². The molecule has 0 aliphatic carbocycles.